The van der Waals surface area contributed by atoms with Gasteiger partial charge in [-0.2, -0.15) is 0 Å². The maximum atomic E-state index is 13.5. The normalized spacial score (nSPS) is 15.5. The largest absolute Gasteiger partial charge is 0.485 e. The van der Waals surface area contributed by atoms with Crippen LogP contribution in [-0.2, 0) is 0 Å². The van der Waals surface area contributed by atoms with E-state index in [2.05, 4.69) is 28.0 Å². The fourth-order valence-corrected chi connectivity index (χ4v) is 4.18. The molecule has 8 nitrogen and oxygen atoms in total. The fourth-order valence-electron chi connectivity index (χ4n) is 4.18. The lowest BCUT2D eigenvalue weighted by Gasteiger charge is -2.37. The Labute approximate surface area is 185 Å². The summed E-state index contributed by atoms with van der Waals surface area (Å²) < 4.78 is 17.1. The first-order chi connectivity index (χ1) is 15.5. The average Bonchev–Trinajstić information content (AvgIpc) is 3.48. The summed E-state index contributed by atoms with van der Waals surface area (Å²) in [7, 11) is 1.78. The van der Waals surface area contributed by atoms with Gasteiger partial charge in [0, 0.05) is 13.6 Å². The number of rotatable bonds is 5. The molecule has 1 aromatic carbocycles. The third kappa shape index (κ3) is 3.47. The number of carbonyl (C=O) groups excluding carboxylic acids is 1. The van der Waals surface area contributed by atoms with Crippen LogP contribution in [0.1, 0.15) is 23.0 Å². The van der Waals surface area contributed by atoms with E-state index >= 15 is 0 Å². The topological polar surface area (TPSA) is 84.8 Å². The van der Waals surface area contributed by atoms with Crippen molar-refractivity contribution in [1.82, 2.24) is 15.0 Å². The molecule has 32 heavy (non-hydrogen) atoms. The molecule has 0 radical (unpaired) electrons. The average molecular weight is 432 g/mol. The zero-order valence-electron chi connectivity index (χ0n) is 18.2. The van der Waals surface area contributed by atoms with Crippen molar-refractivity contribution in [3.05, 3.63) is 60.0 Å². The second-order valence-electron chi connectivity index (χ2n) is 7.91. The van der Waals surface area contributed by atoms with E-state index in [1.54, 1.807) is 43.3 Å². The number of fused-ring (bicyclic) bond motifs is 2. The highest BCUT2D eigenvalue weighted by molar-refractivity contribution is 6.06. The minimum Gasteiger partial charge on any atom is -0.485 e. The summed E-state index contributed by atoms with van der Waals surface area (Å²) in [6.07, 6.45) is 1.42. The minimum atomic E-state index is -0.151. The molecule has 0 N–H and O–H groups in total. The van der Waals surface area contributed by atoms with Crippen molar-refractivity contribution < 1.29 is 18.5 Å². The predicted molar refractivity (Wildman–Crippen MR) is 120 cm³/mol. The summed E-state index contributed by atoms with van der Waals surface area (Å²) in [5.74, 6) is 1.25. The molecular weight excluding hydrogens is 408 g/mol. The molecule has 4 heterocycles. The summed E-state index contributed by atoms with van der Waals surface area (Å²) in [6, 6.07) is 13.3. The number of aromatic nitrogens is 2. The maximum absolute atomic E-state index is 13.5. The van der Waals surface area contributed by atoms with E-state index < -0.39 is 0 Å². The number of hydrogen-bond donors (Lipinski definition) is 0. The highest BCUT2D eigenvalue weighted by Gasteiger charge is 2.28. The molecule has 3 aromatic heterocycles. The molecule has 0 fully saturated rings. The monoisotopic (exact) mass is 432 g/mol. The first kappa shape index (κ1) is 20.1. The Morgan fingerprint density at radius 3 is 2.88 bits per heavy atom. The lowest BCUT2D eigenvalue weighted by Crippen LogP contribution is -2.46. The fraction of sp³-hybridized carbons (Fsp3) is 0.292. The molecule has 0 saturated carbocycles. The van der Waals surface area contributed by atoms with Gasteiger partial charge in [-0.05, 0) is 44.2 Å². The molecule has 8 heteroatoms. The second-order valence-corrected chi connectivity index (χ2v) is 7.91. The van der Waals surface area contributed by atoms with Crippen LogP contribution in [0.2, 0.25) is 0 Å². The number of para-hydroxylation sites is 2. The van der Waals surface area contributed by atoms with Crippen molar-refractivity contribution in [2.75, 3.05) is 31.6 Å². The van der Waals surface area contributed by atoms with E-state index in [1.807, 2.05) is 18.2 Å². The van der Waals surface area contributed by atoms with Gasteiger partial charge in [0.2, 0.25) is 0 Å². The van der Waals surface area contributed by atoms with Crippen LogP contribution >= 0.6 is 0 Å². The number of aryl methyl sites for hydroxylation is 1. The Bertz CT molecular complexity index is 1260. The van der Waals surface area contributed by atoms with Crippen molar-refractivity contribution >= 4 is 22.7 Å². The van der Waals surface area contributed by atoms with E-state index in [4.69, 9.17) is 13.7 Å². The summed E-state index contributed by atoms with van der Waals surface area (Å²) in [4.78, 5) is 22.0. The van der Waals surface area contributed by atoms with Crippen molar-refractivity contribution in [2.45, 2.75) is 20.0 Å². The smallest absolute Gasteiger partial charge is 0.259 e. The first-order valence-corrected chi connectivity index (χ1v) is 10.6. The molecule has 4 aromatic rings. The van der Waals surface area contributed by atoms with Crippen LogP contribution in [-0.4, -0.2) is 53.7 Å². The Balaban J connectivity index is 1.44. The van der Waals surface area contributed by atoms with Crippen LogP contribution in [0.15, 0.2) is 57.7 Å². The van der Waals surface area contributed by atoms with Crippen LogP contribution in [0, 0.1) is 6.92 Å². The molecule has 0 bridgehead atoms. The van der Waals surface area contributed by atoms with Crippen molar-refractivity contribution in [1.29, 1.82) is 0 Å². The van der Waals surface area contributed by atoms with E-state index in [1.165, 1.54) is 0 Å². The van der Waals surface area contributed by atoms with Gasteiger partial charge in [-0.25, -0.2) is 4.98 Å². The van der Waals surface area contributed by atoms with Crippen LogP contribution in [0.25, 0.3) is 22.6 Å². The van der Waals surface area contributed by atoms with E-state index in [0.717, 1.165) is 18.0 Å². The molecule has 1 atom stereocenters. The second kappa shape index (κ2) is 8.03. The number of carbonyl (C=O) groups is 1. The van der Waals surface area contributed by atoms with Crippen molar-refractivity contribution in [3.8, 4) is 17.2 Å². The number of hydrogen-bond acceptors (Lipinski definition) is 7. The minimum absolute atomic E-state index is 0.149. The molecule has 164 valence electrons. The molecule has 0 aliphatic carbocycles. The van der Waals surface area contributed by atoms with Crippen LogP contribution < -0.4 is 9.64 Å². The third-order valence-electron chi connectivity index (χ3n) is 5.75. The summed E-state index contributed by atoms with van der Waals surface area (Å²) in [5, 5.41) is 4.63. The summed E-state index contributed by atoms with van der Waals surface area (Å²) in [6.45, 7) is 5.93. The number of nitrogens with zero attached hydrogens (tertiary/aromatic N) is 4. The Morgan fingerprint density at radius 2 is 2.09 bits per heavy atom. The number of anilines is 1. The summed E-state index contributed by atoms with van der Waals surface area (Å²) >= 11 is 0. The maximum Gasteiger partial charge on any atom is 0.259 e. The van der Waals surface area contributed by atoms with Gasteiger partial charge in [-0.15, -0.1) is 0 Å². The van der Waals surface area contributed by atoms with Crippen molar-refractivity contribution in [2.24, 2.45) is 0 Å². The number of likely N-dealkylation sites (N-methyl/N-ethyl adjacent to an activating group) is 2. The Hall–Kier alpha value is -3.81. The molecule has 1 amide bonds. The molecule has 5 rings (SSSR count). The van der Waals surface area contributed by atoms with Gasteiger partial charge < -0.3 is 23.5 Å². The lowest BCUT2D eigenvalue weighted by molar-refractivity contribution is 0.0711. The molecule has 1 unspecified atom stereocenters. The van der Waals surface area contributed by atoms with Gasteiger partial charge >= 0.3 is 0 Å². The van der Waals surface area contributed by atoms with Gasteiger partial charge in [0.05, 0.1) is 41.7 Å². The Kier molecular flexibility index (Phi) is 5.05. The van der Waals surface area contributed by atoms with Crippen molar-refractivity contribution in [3.63, 3.8) is 0 Å². The molecular formula is C24H24N4O4. The Morgan fingerprint density at radius 1 is 1.25 bits per heavy atom. The zero-order chi connectivity index (χ0) is 22.2. The lowest BCUT2D eigenvalue weighted by atomic mass is 10.1. The van der Waals surface area contributed by atoms with Gasteiger partial charge in [0.1, 0.15) is 17.5 Å². The van der Waals surface area contributed by atoms with Gasteiger partial charge in [0.25, 0.3) is 11.6 Å². The molecule has 1 aliphatic heterocycles. The highest BCUT2D eigenvalue weighted by atomic mass is 16.5. The molecule has 1 aliphatic rings. The van der Waals surface area contributed by atoms with E-state index in [9.17, 15) is 4.79 Å². The third-order valence-corrected chi connectivity index (χ3v) is 5.75. The van der Waals surface area contributed by atoms with Crippen LogP contribution in [0.4, 0.5) is 5.69 Å². The highest BCUT2D eigenvalue weighted by Crippen LogP contribution is 2.33. The SMILES string of the molecule is CCN1CC(CN(C)C(=O)c2cc(-c3ccco3)nc3onc(C)c23)Oc2ccccc21. The van der Waals surface area contributed by atoms with E-state index in [0.29, 0.717) is 46.9 Å². The van der Waals surface area contributed by atoms with Gasteiger partial charge in [0.15, 0.2) is 5.76 Å². The van der Waals surface area contributed by atoms with Crippen LogP contribution in [0.5, 0.6) is 5.75 Å². The number of pyridine rings is 1. The molecule has 0 saturated heterocycles. The zero-order valence-corrected chi connectivity index (χ0v) is 18.2. The molecule has 0 spiro atoms. The quantitative estimate of drug-likeness (QED) is 0.468. The predicted octanol–water partition coefficient (Wildman–Crippen LogP) is 4.15. The van der Waals surface area contributed by atoms with Crippen LogP contribution in [0.3, 0.4) is 0 Å². The van der Waals surface area contributed by atoms with Gasteiger partial charge in [-0.3, -0.25) is 4.79 Å². The standard InChI is InChI=1S/C24H24N4O4/c1-4-28-14-16(31-21-9-6-5-8-19(21)28)13-27(3)24(29)17-12-18(20-10-7-11-30-20)25-23-22(17)15(2)26-32-23/h5-12,16H,4,13-14H2,1-3H3. The number of benzene rings is 1. The van der Waals surface area contributed by atoms with Gasteiger partial charge in [-0.1, -0.05) is 17.3 Å². The van der Waals surface area contributed by atoms with E-state index in [-0.39, 0.29) is 12.0 Å². The number of amides is 1. The first-order valence-electron chi connectivity index (χ1n) is 10.6. The summed E-state index contributed by atoms with van der Waals surface area (Å²) in [5.41, 5.74) is 3.02. The number of furan rings is 1. The number of ether oxygens (including phenoxy) is 1.